The molecule has 0 saturated heterocycles. The summed E-state index contributed by atoms with van der Waals surface area (Å²) in [5.41, 5.74) is 0.0137. The average Bonchev–Trinajstić information content (AvgIpc) is 2.28. The summed E-state index contributed by atoms with van der Waals surface area (Å²) < 4.78 is 4.18. The van der Waals surface area contributed by atoms with Crippen LogP contribution in [-0.4, -0.2) is 29.8 Å². The van der Waals surface area contributed by atoms with E-state index in [1.807, 2.05) is 0 Å². The molecule has 0 aliphatic heterocycles. The molecule has 5 nitrogen and oxygen atoms in total. The maximum Gasteiger partial charge on any atom is 0.374 e. The number of carbonyl (C=O) groups is 3. The van der Waals surface area contributed by atoms with Gasteiger partial charge in [0.05, 0.1) is 19.1 Å². The predicted molar refractivity (Wildman–Crippen MR) is 54.1 cm³/mol. The van der Waals surface area contributed by atoms with Gasteiger partial charge in [-0.1, -0.05) is 12.1 Å². The Labute approximate surface area is 91.6 Å². The molecule has 1 aromatic rings. The lowest BCUT2D eigenvalue weighted by Crippen LogP contribution is -2.19. The SMILES string of the molecule is COC(=O)C(=O)CC(=O)c1ccccc1O. The van der Waals surface area contributed by atoms with Crippen LogP contribution in [0.15, 0.2) is 24.3 Å². The minimum atomic E-state index is -1.07. The lowest BCUT2D eigenvalue weighted by molar-refractivity contribution is -0.151. The van der Waals surface area contributed by atoms with Gasteiger partial charge < -0.3 is 9.84 Å². The van der Waals surface area contributed by atoms with Crippen LogP contribution in [0.25, 0.3) is 0 Å². The largest absolute Gasteiger partial charge is 0.507 e. The Hall–Kier alpha value is -2.17. The molecule has 0 amide bonds. The van der Waals surface area contributed by atoms with Gasteiger partial charge in [-0.3, -0.25) is 9.59 Å². The molecule has 0 unspecified atom stereocenters. The molecular weight excluding hydrogens is 212 g/mol. The Morgan fingerprint density at radius 1 is 1.25 bits per heavy atom. The van der Waals surface area contributed by atoms with E-state index in [2.05, 4.69) is 4.74 Å². The minimum Gasteiger partial charge on any atom is -0.507 e. The monoisotopic (exact) mass is 222 g/mol. The van der Waals surface area contributed by atoms with Gasteiger partial charge in [-0.25, -0.2) is 4.79 Å². The van der Waals surface area contributed by atoms with E-state index in [0.717, 1.165) is 7.11 Å². The van der Waals surface area contributed by atoms with E-state index in [9.17, 15) is 19.5 Å². The molecule has 0 aromatic heterocycles. The van der Waals surface area contributed by atoms with E-state index < -0.39 is 24.0 Å². The second-order valence-electron chi connectivity index (χ2n) is 3.03. The Bertz CT molecular complexity index is 436. The molecule has 1 aromatic carbocycles. The number of hydrogen-bond acceptors (Lipinski definition) is 5. The summed E-state index contributed by atoms with van der Waals surface area (Å²) in [7, 11) is 1.06. The van der Waals surface area contributed by atoms with Gasteiger partial charge in [-0.2, -0.15) is 0 Å². The molecule has 0 saturated carbocycles. The highest BCUT2D eigenvalue weighted by Crippen LogP contribution is 2.17. The first-order valence-corrected chi connectivity index (χ1v) is 4.48. The van der Waals surface area contributed by atoms with Crippen LogP contribution in [-0.2, 0) is 14.3 Å². The molecule has 0 spiro atoms. The second-order valence-corrected chi connectivity index (χ2v) is 3.03. The van der Waals surface area contributed by atoms with Gasteiger partial charge in [0.25, 0.3) is 0 Å². The Balaban J connectivity index is 2.78. The third kappa shape index (κ3) is 2.66. The highest BCUT2D eigenvalue weighted by atomic mass is 16.5. The van der Waals surface area contributed by atoms with Crippen molar-refractivity contribution >= 4 is 17.5 Å². The van der Waals surface area contributed by atoms with E-state index in [1.54, 1.807) is 12.1 Å². The van der Waals surface area contributed by atoms with Crippen molar-refractivity contribution in [2.24, 2.45) is 0 Å². The summed E-state index contributed by atoms with van der Waals surface area (Å²) in [6, 6.07) is 5.81. The van der Waals surface area contributed by atoms with Crippen molar-refractivity contribution in [3.63, 3.8) is 0 Å². The van der Waals surface area contributed by atoms with Crippen molar-refractivity contribution in [3.8, 4) is 5.75 Å². The van der Waals surface area contributed by atoms with E-state index in [-0.39, 0.29) is 11.3 Å². The van der Waals surface area contributed by atoms with Crippen LogP contribution in [0.1, 0.15) is 16.8 Å². The van der Waals surface area contributed by atoms with Crippen LogP contribution in [0.4, 0.5) is 0 Å². The fraction of sp³-hybridized carbons (Fsp3) is 0.182. The van der Waals surface area contributed by atoms with Crippen LogP contribution in [0.5, 0.6) is 5.75 Å². The predicted octanol–water partition coefficient (Wildman–Crippen LogP) is 0.707. The molecule has 1 N–H and O–H groups in total. The molecule has 0 fully saturated rings. The quantitative estimate of drug-likeness (QED) is 0.351. The maximum absolute atomic E-state index is 11.5. The molecule has 5 heteroatoms. The van der Waals surface area contributed by atoms with Crippen molar-refractivity contribution in [2.75, 3.05) is 7.11 Å². The molecule has 0 atom stereocenters. The van der Waals surface area contributed by atoms with Gasteiger partial charge in [0.1, 0.15) is 5.75 Å². The molecule has 84 valence electrons. The zero-order chi connectivity index (χ0) is 12.1. The lowest BCUT2D eigenvalue weighted by atomic mass is 10.1. The first-order chi connectivity index (χ1) is 7.56. The van der Waals surface area contributed by atoms with Crippen molar-refractivity contribution < 1.29 is 24.2 Å². The number of benzene rings is 1. The minimum absolute atomic E-state index is 0.0137. The number of rotatable bonds is 4. The van der Waals surface area contributed by atoms with E-state index >= 15 is 0 Å². The normalized spacial score (nSPS) is 9.56. The smallest absolute Gasteiger partial charge is 0.374 e. The Kier molecular flexibility index (Phi) is 3.77. The summed E-state index contributed by atoms with van der Waals surface area (Å²) in [5, 5.41) is 9.34. The Morgan fingerprint density at radius 2 is 1.88 bits per heavy atom. The number of phenols is 1. The summed E-state index contributed by atoms with van der Waals surface area (Å²) in [6.45, 7) is 0. The molecule has 0 bridgehead atoms. The zero-order valence-electron chi connectivity index (χ0n) is 8.60. The van der Waals surface area contributed by atoms with Crippen molar-refractivity contribution in [3.05, 3.63) is 29.8 Å². The number of aromatic hydroxyl groups is 1. The summed E-state index contributed by atoms with van der Waals surface area (Å²) in [5.74, 6) is -2.84. The standard InChI is InChI=1S/C11H10O5/c1-16-11(15)10(14)6-9(13)7-4-2-3-5-8(7)12/h2-5,12H,6H2,1H3. The highest BCUT2D eigenvalue weighted by Gasteiger charge is 2.20. The molecule has 1 rings (SSSR count). The highest BCUT2D eigenvalue weighted by molar-refractivity contribution is 6.38. The van der Waals surface area contributed by atoms with Crippen molar-refractivity contribution in [1.82, 2.24) is 0 Å². The molecule has 16 heavy (non-hydrogen) atoms. The molecule has 0 heterocycles. The van der Waals surface area contributed by atoms with E-state index in [0.29, 0.717) is 0 Å². The zero-order valence-corrected chi connectivity index (χ0v) is 8.60. The topological polar surface area (TPSA) is 80.7 Å². The third-order valence-corrected chi connectivity index (χ3v) is 1.94. The number of hydrogen-bond donors (Lipinski definition) is 1. The van der Waals surface area contributed by atoms with Gasteiger partial charge in [-0.05, 0) is 12.1 Å². The number of ketones is 2. The van der Waals surface area contributed by atoms with E-state index in [4.69, 9.17) is 0 Å². The second kappa shape index (κ2) is 5.06. The number of carbonyl (C=O) groups excluding carboxylic acids is 3. The number of Topliss-reactive ketones (excluding diaryl/α,β-unsaturated/α-hetero) is 2. The van der Waals surface area contributed by atoms with Crippen LogP contribution < -0.4 is 0 Å². The summed E-state index contributed by atoms with van der Waals surface area (Å²) in [4.78, 5) is 33.4. The maximum atomic E-state index is 11.5. The number of phenolic OH excluding ortho intramolecular Hbond substituents is 1. The van der Waals surface area contributed by atoms with Gasteiger partial charge in [0.2, 0.25) is 5.78 Å². The Morgan fingerprint density at radius 3 is 2.44 bits per heavy atom. The molecular formula is C11H10O5. The van der Waals surface area contributed by atoms with Gasteiger partial charge >= 0.3 is 5.97 Å². The van der Waals surface area contributed by atoms with Crippen LogP contribution >= 0.6 is 0 Å². The molecule has 0 aliphatic carbocycles. The van der Waals surface area contributed by atoms with Gasteiger partial charge in [-0.15, -0.1) is 0 Å². The van der Waals surface area contributed by atoms with E-state index in [1.165, 1.54) is 12.1 Å². The summed E-state index contributed by atoms with van der Waals surface area (Å²) >= 11 is 0. The van der Waals surface area contributed by atoms with Crippen LogP contribution in [0.3, 0.4) is 0 Å². The van der Waals surface area contributed by atoms with Gasteiger partial charge in [0.15, 0.2) is 5.78 Å². The van der Waals surface area contributed by atoms with Crippen LogP contribution in [0, 0.1) is 0 Å². The molecule has 0 aliphatic rings. The number of para-hydroxylation sites is 1. The fourth-order valence-corrected chi connectivity index (χ4v) is 1.14. The lowest BCUT2D eigenvalue weighted by Gasteiger charge is -2.01. The van der Waals surface area contributed by atoms with Crippen molar-refractivity contribution in [1.29, 1.82) is 0 Å². The fourth-order valence-electron chi connectivity index (χ4n) is 1.14. The average molecular weight is 222 g/mol. The molecule has 0 radical (unpaired) electrons. The first-order valence-electron chi connectivity index (χ1n) is 4.48. The number of ether oxygens (including phenoxy) is 1. The summed E-state index contributed by atoms with van der Waals surface area (Å²) in [6.07, 6.45) is -0.607. The van der Waals surface area contributed by atoms with Crippen molar-refractivity contribution in [2.45, 2.75) is 6.42 Å². The number of esters is 1. The first kappa shape index (κ1) is 11.9. The number of methoxy groups -OCH3 is 1. The van der Waals surface area contributed by atoms with Crippen LogP contribution in [0.2, 0.25) is 0 Å². The van der Waals surface area contributed by atoms with Gasteiger partial charge in [0, 0.05) is 0 Å². The third-order valence-electron chi connectivity index (χ3n) is 1.94.